The lowest BCUT2D eigenvalue weighted by Crippen LogP contribution is -2.35. The van der Waals surface area contributed by atoms with E-state index in [-0.39, 0.29) is 5.91 Å². The topological polar surface area (TPSA) is 55.6 Å². The summed E-state index contributed by atoms with van der Waals surface area (Å²) in [6, 6.07) is 24.2. The van der Waals surface area contributed by atoms with Crippen molar-refractivity contribution in [2.24, 2.45) is 0 Å². The molecule has 0 aliphatic carbocycles. The molecule has 5 rings (SSSR count). The fraction of sp³-hybridized carbons (Fsp3) is 0.120. The van der Waals surface area contributed by atoms with Crippen LogP contribution in [-0.2, 0) is 13.0 Å². The van der Waals surface area contributed by atoms with Gasteiger partial charge in [0.1, 0.15) is 11.5 Å². The molecule has 2 heterocycles. The molecule has 3 aromatic carbocycles. The number of hydrogen-bond donors (Lipinski definition) is 0. The Morgan fingerprint density at radius 2 is 1.74 bits per heavy atom. The lowest BCUT2D eigenvalue weighted by Gasteiger charge is -2.26. The molecule has 0 fully saturated rings. The van der Waals surface area contributed by atoms with E-state index in [0.29, 0.717) is 41.6 Å². The molecule has 4 aromatic rings. The van der Waals surface area contributed by atoms with Gasteiger partial charge in [-0.25, -0.2) is 0 Å². The van der Waals surface area contributed by atoms with E-state index >= 15 is 0 Å². The van der Waals surface area contributed by atoms with Crippen molar-refractivity contribution in [1.82, 2.24) is 10.1 Å². The summed E-state index contributed by atoms with van der Waals surface area (Å²) >= 11 is 6.00. The van der Waals surface area contributed by atoms with Gasteiger partial charge in [-0.15, -0.1) is 0 Å². The fourth-order valence-electron chi connectivity index (χ4n) is 3.71. The number of ether oxygens (including phenoxy) is 1. The average molecular weight is 431 g/mol. The normalized spacial score (nSPS) is 13.0. The van der Waals surface area contributed by atoms with E-state index in [1.54, 1.807) is 6.07 Å². The Balaban J connectivity index is 1.37. The number of nitrogens with zero attached hydrogens (tertiary/aromatic N) is 2. The lowest BCUT2D eigenvalue weighted by atomic mass is 10.0. The summed E-state index contributed by atoms with van der Waals surface area (Å²) in [5.41, 5.74) is 3.32. The first-order valence-electron chi connectivity index (χ1n) is 10.0. The summed E-state index contributed by atoms with van der Waals surface area (Å²) in [6.45, 7) is 1.03. The quantitative estimate of drug-likeness (QED) is 0.399. The third kappa shape index (κ3) is 4.05. The number of fused-ring (bicyclic) bond motifs is 1. The standard InChI is InChI=1S/C25H19ClN2O3/c26-19-11-9-17(10-12-19)24-22-16-28(14-13-23(22)27-31-24)25(29)18-5-4-8-21(15-18)30-20-6-2-1-3-7-20/h1-12,15H,13-14,16H2. The van der Waals surface area contributed by atoms with Gasteiger partial charge >= 0.3 is 0 Å². The molecular weight excluding hydrogens is 412 g/mol. The van der Waals surface area contributed by atoms with Gasteiger partial charge in [0.15, 0.2) is 5.76 Å². The van der Waals surface area contributed by atoms with Crippen molar-refractivity contribution in [3.63, 3.8) is 0 Å². The van der Waals surface area contributed by atoms with E-state index < -0.39 is 0 Å². The van der Waals surface area contributed by atoms with Crippen molar-refractivity contribution < 1.29 is 14.1 Å². The summed E-state index contributed by atoms with van der Waals surface area (Å²) in [7, 11) is 0. The molecule has 0 spiro atoms. The molecule has 1 aromatic heterocycles. The Labute approximate surface area is 184 Å². The van der Waals surface area contributed by atoms with Crippen molar-refractivity contribution in [3.05, 3.63) is 101 Å². The number of para-hydroxylation sites is 1. The minimum Gasteiger partial charge on any atom is -0.457 e. The summed E-state index contributed by atoms with van der Waals surface area (Å²) in [5.74, 6) is 1.99. The van der Waals surface area contributed by atoms with Crippen LogP contribution in [0.1, 0.15) is 21.6 Å². The van der Waals surface area contributed by atoms with E-state index in [0.717, 1.165) is 22.6 Å². The highest BCUT2D eigenvalue weighted by Gasteiger charge is 2.28. The summed E-state index contributed by atoms with van der Waals surface area (Å²) < 4.78 is 11.5. The van der Waals surface area contributed by atoms with Crippen LogP contribution < -0.4 is 4.74 Å². The van der Waals surface area contributed by atoms with Crippen LogP contribution >= 0.6 is 11.6 Å². The molecule has 0 bridgehead atoms. The third-order valence-corrected chi connectivity index (χ3v) is 5.54. The van der Waals surface area contributed by atoms with Crippen molar-refractivity contribution in [2.45, 2.75) is 13.0 Å². The molecule has 0 N–H and O–H groups in total. The van der Waals surface area contributed by atoms with Crippen LogP contribution in [-0.4, -0.2) is 22.5 Å². The largest absolute Gasteiger partial charge is 0.457 e. The molecule has 0 atom stereocenters. The average Bonchev–Trinajstić information content (AvgIpc) is 3.23. The SMILES string of the molecule is O=C(c1cccc(Oc2ccccc2)c1)N1CCc2noc(-c3ccc(Cl)cc3)c2C1. The molecule has 154 valence electrons. The van der Waals surface area contributed by atoms with Crippen LogP contribution in [0.25, 0.3) is 11.3 Å². The van der Waals surface area contributed by atoms with Gasteiger partial charge in [-0.1, -0.05) is 41.0 Å². The number of hydrogen-bond acceptors (Lipinski definition) is 4. The smallest absolute Gasteiger partial charge is 0.254 e. The number of carbonyl (C=O) groups excluding carboxylic acids is 1. The molecule has 0 saturated carbocycles. The Morgan fingerprint density at radius 3 is 2.55 bits per heavy atom. The van der Waals surface area contributed by atoms with Crippen molar-refractivity contribution in [3.8, 4) is 22.8 Å². The first kappa shape index (κ1) is 19.4. The first-order chi connectivity index (χ1) is 15.2. The number of halogens is 1. The molecule has 1 aliphatic rings. The molecule has 0 unspecified atom stereocenters. The number of carbonyl (C=O) groups is 1. The van der Waals surface area contributed by atoms with E-state index in [1.165, 1.54) is 0 Å². The Kier molecular flexibility index (Phi) is 5.18. The van der Waals surface area contributed by atoms with Gasteiger partial charge in [0.2, 0.25) is 0 Å². The zero-order valence-electron chi connectivity index (χ0n) is 16.6. The highest BCUT2D eigenvalue weighted by molar-refractivity contribution is 6.30. The van der Waals surface area contributed by atoms with Crippen molar-refractivity contribution in [2.75, 3.05) is 6.54 Å². The summed E-state index contributed by atoms with van der Waals surface area (Å²) in [5, 5.41) is 4.88. The monoisotopic (exact) mass is 430 g/mol. The fourth-order valence-corrected chi connectivity index (χ4v) is 3.84. The van der Waals surface area contributed by atoms with Crippen LogP contribution in [0.4, 0.5) is 0 Å². The minimum atomic E-state index is -0.0487. The van der Waals surface area contributed by atoms with Crippen molar-refractivity contribution in [1.29, 1.82) is 0 Å². The molecule has 31 heavy (non-hydrogen) atoms. The second-order valence-electron chi connectivity index (χ2n) is 7.36. The highest BCUT2D eigenvalue weighted by atomic mass is 35.5. The van der Waals surface area contributed by atoms with E-state index in [9.17, 15) is 4.79 Å². The molecule has 6 heteroatoms. The molecule has 1 aliphatic heterocycles. The maximum absolute atomic E-state index is 13.2. The lowest BCUT2D eigenvalue weighted by molar-refractivity contribution is 0.0734. The first-order valence-corrected chi connectivity index (χ1v) is 10.4. The molecule has 1 amide bonds. The van der Waals surface area contributed by atoms with Gasteiger partial charge in [0, 0.05) is 34.7 Å². The van der Waals surface area contributed by atoms with Gasteiger partial charge in [-0.05, 0) is 54.6 Å². The van der Waals surface area contributed by atoms with Crippen LogP contribution in [0.15, 0.2) is 83.4 Å². The van der Waals surface area contributed by atoms with Crippen LogP contribution in [0, 0.1) is 0 Å². The predicted molar refractivity (Wildman–Crippen MR) is 118 cm³/mol. The van der Waals surface area contributed by atoms with Gasteiger partial charge in [0.05, 0.1) is 12.2 Å². The highest BCUT2D eigenvalue weighted by Crippen LogP contribution is 2.32. The van der Waals surface area contributed by atoms with E-state index in [1.807, 2.05) is 77.7 Å². The van der Waals surface area contributed by atoms with Gasteiger partial charge in [-0.2, -0.15) is 0 Å². The Hall–Kier alpha value is -3.57. The van der Waals surface area contributed by atoms with Crippen molar-refractivity contribution >= 4 is 17.5 Å². The molecular formula is C25H19ClN2O3. The van der Waals surface area contributed by atoms with Crippen LogP contribution in [0.5, 0.6) is 11.5 Å². The zero-order valence-corrected chi connectivity index (χ0v) is 17.4. The minimum absolute atomic E-state index is 0.0487. The third-order valence-electron chi connectivity index (χ3n) is 5.29. The number of amides is 1. The maximum Gasteiger partial charge on any atom is 0.254 e. The number of aromatic nitrogens is 1. The van der Waals surface area contributed by atoms with E-state index in [2.05, 4.69) is 5.16 Å². The summed E-state index contributed by atoms with van der Waals surface area (Å²) in [4.78, 5) is 15.1. The number of rotatable bonds is 4. The Morgan fingerprint density at radius 1 is 0.968 bits per heavy atom. The van der Waals surface area contributed by atoms with Gasteiger partial charge < -0.3 is 14.2 Å². The Bertz CT molecular complexity index is 1220. The molecule has 0 saturated heterocycles. The molecule has 5 nitrogen and oxygen atoms in total. The number of benzene rings is 3. The molecule has 0 radical (unpaired) electrons. The summed E-state index contributed by atoms with van der Waals surface area (Å²) in [6.07, 6.45) is 0.651. The van der Waals surface area contributed by atoms with E-state index in [4.69, 9.17) is 20.9 Å². The van der Waals surface area contributed by atoms with Crippen LogP contribution in [0.2, 0.25) is 5.02 Å². The maximum atomic E-state index is 13.2. The van der Waals surface area contributed by atoms with Gasteiger partial charge in [0.25, 0.3) is 5.91 Å². The zero-order chi connectivity index (χ0) is 21.2. The second-order valence-corrected chi connectivity index (χ2v) is 7.80. The van der Waals surface area contributed by atoms with Gasteiger partial charge in [-0.3, -0.25) is 4.79 Å². The van der Waals surface area contributed by atoms with Crippen LogP contribution in [0.3, 0.4) is 0 Å². The predicted octanol–water partition coefficient (Wildman–Crippen LogP) is 5.99. The second kappa shape index (κ2) is 8.28.